The minimum Gasteiger partial charge on any atom is -0.477 e. The van der Waals surface area contributed by atoms with Crippen molar-refractivity contribution < 1.29 is 9.90 Å². The zero-order valence-electron chi connectivity index (χ0n) is 8.66. The number of nitrogens with one attached hydrogen (secondary N) is 1. The smallest absolute Gasteiger partial charge is 0.354 e. The fraction of sp³-hybridized carbons (Fsp3) is 0.273. The fourth-order valence-electron chi connectivity index (χ4n) is 1.09. The molecule has 1 rings (SSSR count). The second-order valence-corrected chi connectivity index (χ2v) is 3.00. The standard InChI is InChI=1S/C11H12N2O2/c1-3-4-5-12-10-7-8(2)6-9(13-10)11(14)15/h6-7H,5H2,1-2H3,(H,12,13)(H,14,15). The lowest BCUT2D eigenvalue weighted by atomic mass is 10.2. The highest BCUT2D eigenvalue weighted by Gasteiger charge is 2.06. The first kappa shape index (κ1) is 11.1. The van der Waals surface area contributed by atoms with Crippen LogP contribution < -0.4 is 5.32 Å². The predicted molar refractivity (Wildman–Crippen MR) is 57.9 cm³/mol. The molecule has 0 radical (unpaired) electrons. The summed E-state index contributed by atoms with van der Waals surface area (Å²) in [5.74, 6) is 5.06. The van der Waals surface area contributed by atoms with Crippen LogP contribution in [0.4, 0.5) is 5.82 Å². The molecule has 0 aromatic carbocycles. The van der Waals surface area contributed by atoms with E-state index in [0.717, 1.165) is 5.56 Å². The van der Waals surface area contributed by atoms with Gasteiger partial charge in [-0.1, -0.05) is 5.92 Å². The van der Waals surface area contributed by atoms with Gasteiger partial charge in [-0.25, -0.2) is 9.78 Å². The minimum atomic E-state index is -1.02. The molecule has 0 saturated heterocycles. The average Bonchev–Trinajstić information content (AvgIpc) is 2.17. The molecule has 0 saturated carbocycles. The largest absolute Gasteiger partial charge is 0.477 e. The molecule has 0 unspecified atom stereocenters. The highest BCUT2D eigenvalue weighted by atomic mass is 16.4. The van der Waals surface area contributed by atoms with Crippen molar-refractivity contribution in [2.24, 2.45) is 0 Å². The Hall–Kier alpha value is -2.02. The van der Waals surface area contributed by atoms with Crippen LogP contribution in [0.2, 0.25) is 0 Å². The number of aryl methyl sites for hydroxylation is 1. The Morgan fingerprint density at radius 3 is 2.93 bits per heavy atom. The summed E-state index contributed by atoms with van der Waals surface area (Å²) in [4.78, 5) is 14.6. The van der Waals surface area contributed by atoms with Crippen molar-refractivity contribution in [3.63, 3.8) is 0 Å². The Balaban J connectivity index is 2.87. The van der Waals surface area contributed by atoms with Gasteiger partial charge in [0.05, 0.1) is 6.54 Å². The lowest BCUT2D eigenvalue weighted by Crippen LogP contribution is -2.06. The number of nitrogens with zero attached hydrogens (tertiary/aromatic N) is 1. The monoisotopic (exact) mass is 204 g/mol. The number of aromatic carboxylic acids is 1. The van der Waals surface area contributed by atoms with Crippen LogP contribution in [-0.2, 0) is 0 Å². The molecule has 0 fully saturated rings. The highest BCUT2D eigenvalue weighted by molar-refractivity contribution is 5.86. The minimum absolute atomic E-state index is 0.0435. The number of hydrogen-bond donors (Lipinski definition) is 2. The van der Waals surface area contributed by atoms with E-state index in [1.54, 1.807) is 13.0 Å². The average molecular weight is 204 g/mol. The lowest BCUT2D eigenvalue weighted by molar-refractivity contribution is 0.0690. The number of carboxylic acid groups (broad SMARTS) is 1. The number of aromatic nitrogens is 1. The van der Waals surface area contributed by atoms with Crippen LogP contribution >= 0.6 is 0 Å². The Kier molecular flexibility index (Phi) is 3.69. The molecule has 1 aromatic rings. The molecule has 4 heteroatoms. The second kappa shape index (κ2) is 5.01. The van der Waals surface area contributed by atoms with E-state index in [-0.39, 0.29) is 5.69 Å². The number of pyridine rings is 1. The first-order valence-electron chi connectivity index (χ1n) is 4.49. The van der Waals surface area contributed by atoms with E-state index in [9.17, 15) is 4.79 Å². The van der Waals surface area contributed by atoms with Gasteiger partial charge in [0.2, 0.25) is 0 Å². The van der Waals surface area contributed by atoms with E-state index in [1.165, 1.54) is 6.07 Å². The zero-order valence-corrected chi connectivity index (χ0v) is 8.66. The predicted octanol–water partition coefficient (Wildman–Crippen LogP) is 1.52. The lowest BCUT2D eigenvalue weighted by Gasteiger charge is -2.04. The molecule has 0 aliphatic heterocycles. The SMILES string of the molecule is CC#CCNc1cc(C)cc(C(=O)O)n1. The van der Waals surface area contributed by atoms with Crippen molar-refractivity contribution in [3.8, 4) is 11.8 Å². The van der Waals surface area contributed by atoms with Crippen molar-refractivity contribution in [1.82, 2.24) is 4.98 Å². The summed E-state index contributed by atoms with van der Waals surface area (Å²) in [6.45, 7) is 4.03. The third-order valence-corrected chi connectivity index (χ3v) is 1.72. The maximum absolute atomic E-state index is 10.7. The van der Waals surface area contributed by atoms with Crippen LogP contribution in [-0.4, -0.2) is 22.6 Å². The van der Waals surface area contributed by atoms with Crippen LogP contribution in [0.25, 0.3) is 0 Å². The summed E-state index contributed by atoms with van der Waals surface area (Å²) >= 11 is 0. The molecule has 1 heterocycles. The van der Waals surface area contributed by atoms with E-state index in [0.29, 0.717) is 12.4 Å². The zero-order chi connectivity index (χ0) is 11.3. The topological polar surface area (TPSA) is 62.2 Å². The molecule has 78 valence electrons. The Morgan fingerprint density at radius 2 is 2.33 bits per heavy atom. The van der Waals surface area contributed by atoms with Gasteiger partial charge in [-0.05, 0) is 31.5 Å². The quantitative estimate of drug-likeness (QED) is 0.733. The maximum Gasteiger partial charge on any atom is 0.354 e. The molecule has 0 aliphatic carbocycles. The summed E-state index contributed by atoms with van der Waals surface area (Å²) in [7, 11) is 0. The summed E-state index contributed by atoms with van der Waals surface area (Å²) in [5, 5.41) is 11.7. The molecule has 2 N–H and O–H groups in total. The van der Waals surface area contributed by atoms with Gasteiger partial charge in [0.25, 0.3) is 0 Å². The number of anilines is 1. The number of carbonyl (C=O) groups is 1. The van der Waals surface area contributed by atoms with Crippen molar-refractivity contribution >= 4 is 11.8 Å². The van der Waals surface area contributed by atoms with Crippen molar-refractivity contribution in [3.05, 3.63) is 23.4 Å². The van der Waals surface area contributed by atoms with E-state index in [1.807, 2.05) is 6.92 Å². The molecule has 1 aromatic heterocycles. The Morgan fingerprint density at radius 1 is 1.60 bits per heavy atom. The van der Waals surface area contributed by atoms with Crippen molar-refractivity contribution in [1.29, 1.82) is 0 Å². The van der Waals surface area contributed by atoms with Crippen LogP contribution in [0.1, 0.15) is 23.0 Å². The molecule has 0 amide bonds. The van der Waals surface area contributed by atoms with E-state index in [4.69, 9.17) is 5.11 Å². The van der Waals surface area contributed by atoms with Crippen LogP contribution in [0, 0.1) is 18.8 Å². The summed E-state index contributed by atoms with van der Waals surface area (Å²) in [6.07, 6.45) is 0. The maximum atomic E-state index is 10.7. The van der Waals surface area contributed by atoms with E-state index in [2.05, 4.69) is 22.1 Å². The number of rotatable bonds is 3. The second-order valence-electron chi connectivity index (χ2n) is 3.00. The van der Waals surface area contributed by atoms with Crippen LogP contribution in [0.15, 0.2) is 12.1 Å². The van der Waals surface area contributed by atoms with E-state index >= 15 is 0 Å². The van der Waals surface area contributed by atoms with Gasteiger partial charge in [0.1, 0.15) is 5.82 Å². The summed E-state index contributed by atoms with van der Waals surface area (Å²) < 4.78 is 0. The Bertz CT molecular complexity index is 430. The third-order valence-electron chi connectivity index (χ3n) is 1.72. The molecule has 15 heavy (non-hydrogen) atoms. The van der Waals surface area contributed by atoms with Crippen molar-refractivity contribution in [2.45, 2.75) is 13.8 Å². The normalized spacial score (nSPS) is 8.93. The van der Waals surface area contributed by atoms with Gasteiger partial charge in [0.15, 0.2) is 5.69 Å². The van der Waals surface area contributed by atoms with Gasteiger partial charge in [-0.2, -0.15) is 0 Å². The molecule has 4 nitrogen and oxygen atoms in total. The molecule has 0 aliphatic rings. The van der Waals surface area contributed by atoms with Gasteiger partial charge < -0.3 is 10.4 Å². The van der Waals surface area contributed by atoms with Gasteiger partial charge >= 0.3 is 5.97 Å². The van der Waals surface area contributed by atoms with Crippen LogP contribution in [0.3, 0.4) is 0 Å². The highest BCUT2D eigenvalue weighted by Crippen LogP contribution is 2.09. The van der Waals surface area contributed by atoms with Crippen LogP contribution in [0.5, 0.6) is 0 Å². The third kappa shape index (κ3) is 3.31. The summed E-state index contributed by atoms with van der Waals surface area (Å²) in [6, 6.07) is 3.31. The Labute approximate surface area is 88.3 Å². The fourth-order valence-corrected chi connectivity index (χ4v) is 1.09. The van der Waals surface area contributed by atoms with Gasteiger partial charge in [-0.3, -0.25) is 0 Å². The van der Waals surface area contributed by atoms with Gasteiger partial charge in [0, 0.05) is 0 Å². The molecule has 0 atom stereocenters. The summed E-state index contributed by atoms with van der Waals surface area (Å²) in [5.41, 5.74) is 0.899. The molecule has 0 spiro atoms. The molecular formula is C11H12N2O2. The molecular weight excluding hydrogens is 192 g/mol. The number of carboxylic acids is 1. The molecule has 0 bridgehead atoms. The first-order chi connectivity index (χ1) is 7.13. The van der Waals surface area contributed by atoms with E-state index < -0.39 is 5.97 Å². The van der Waals surface area contributed by atoms with Crippen molar-refractivity contribution in [2.75, 3.05) is 11.9 Å². The number of hydrogen-bond acceptors (Lipinski definition) is 3. The first-order valence-corrected chi connectivity index (χ1v) is 4.49. The van der Waals surface area contributed by atoms with Gasteiger partial charge in [-0.15, -0.1) is 5.92 Å².